The van der Waals surface area contributed by atoms with E-state index in [1.165, 1.54) is 10.5 Å². The predicted octanol–water partition coefficient (Wildman–Crippen LogP) is 1.58. The molecule has 0 bridgehead atoms. The van der Waals surface area contributed by atoms with Crippen molar-refractivity contribution >= 4 is 34.0 Å². The molecule has 1 N–H and O–H groups in total. The summed E-state index contributed by atoms with van der Waals surface area (Å²) in [5.74, 6) is -1.57. The third-order valence-corrected chi connectivity index (χ3v) is 6.96. The molecule has 3 atom stereocenters. The number of carboxylic acids is 1. The van der Waals surface area contributed by atoms with Gasteiger partial charge in [0, 0.05) is 0 Å². The number of aryl methyl sites for hydroxylation is 1. The van der Waals surface area contributed by atoms with E-state index in [1.807, 2.05) is 11.8 Å². The molecule has 1 aliphatic carbocycles. The molecule has 8 heteroatoms. The van der Waals surface area contributed by atoms with Crippen LogP contribution in [0.2, 0.25) is 4.71 Å². The van der Waals surface area contributed by atoms with Crippen molar-refractivity contribution in [3.63, 3.8) is 0 Å². The van der Waals surface area contributed by atoms with Gasteiger partial charge in [0.1, 0.15) is 0 Å². The number of methoxy groups -OCH3 is 1. The summed E-state index contributed by atoms with van der Waals surface area (Å²) in [6, 6.07) is 1.49. The molecular weight excluding hydrogens is 414 g/mol. The second kappa shape index (κ2) is 6.64. The molecule has 3 heterocycles. The number of pyridine rings is 2. The second-order valence-corrected chi connectivity index (χ2v) is 9.21. The van der Waals surface area contributed by atoms with E-state index in [9.17, 15) is 14.7 Å². The molecule has 2 aromatic heterocycles. The summed E-state index contributed by atoms with van der Waals surface area (Å²) in [6.45, 7) is 3.11. The minimum atomic E-state index is -1.28. The Morgan fingerprint density at radius 1 is 1.37 bits per heavy atom. The van der Waals surface area contributed by atoms with E-state index in [-0.39, 0.29) is 17.6 Å². The van der Waals surface area contributed by atoms with Gasteiger partial charge in [-0.05, 0) is 0 Å². The van der Waals surface area contributed by atoms with Crippen LogP contribution in [0.1, 0.15) is 40.2 Å². The van der Waals surface area contributed by atoms with Crippen molar-refractivity contribution in [2.75, 3.05) is 25.1 Å². The van der Waals surface area contributed by atoms with Gasteiger partial charge < -0.3 is 0 Å². The molecule has 1 aliphatic heterocycles. The van der Waals surface area contributed by atoms with Crippen molar-refractivity contribution < 1.29 is 19.0 Å². The van der Waals surface area contributed by atoms with E-state index < -0.39 is 17.3 Å². The summed E-state index contributed by atoms with van der Waals surface area (Å²) in [4.78, 5) is 26.1. The number of fused-ring (bicyclic) bond motifs is 1. The first kappa shape index (κ1) is 18.5. The summed E-state index contributed by atoms with van der Waals surface area (Å²) in [7, 11) is 1.67. The van der Waals surface area contributed by atoms with Crippen molar-refractivity contribution in [3.8, 4) is 0 Å². The standard InChI is InChI=1S/C19H22AsFN2O4/c1-9-16-11(10-3-4-10)5-12(19(25)26)18(24)23(16)7-14(21)17(9)22-6-13(20)15(8-22)27-2/h5,7,10,13,15H,3-4,6,8,20H2,1-2H3,(H,25,26). The van der Waals surface area contributed by atoms with Crippen molar-refractivity contribution in [1.29, 1.82) is 0 Å². The first-order valence-corrected chi connectivity index (χ1v) is 10.4. The fourth-order valence-electron chi connectivity index (χ4n) is 4.12. The second-order valence-electron chi connectivity index (χ2n) is 7.41. The zero-order valence-corrected chi connectivity index (χ0v) is 17.7. The number of rotatable bonds is 4. The van der Waals surface area contributed by atoms with Gasteiger partial charge in [-0.2, -0.15) is 0 Å². The molecule has 1 saturated heterocycles. The Labute approximate surface area is 164 Å². The van der Waals surface area contributed by atoms with Gasteiger partial charge in [0.05, 0.1) is 0 Å². The quantitative estimate of drug-likeness (QED) is 0.738. The van der Waals surface area contributed by atoms with E-state index in [0.29, 0.717) is 34.6 Å². The summed E-state index contributed by atoms with van der Waals surface area (Å²) >= 11 is 1.57. The van der Waals surface area contributed by atoms with Gasteiger partial charge in [0.2, 0.25) is 0 Å². The summed E-state index contributed by atoms with van der Waals surface area (Å²) in [6.07, 6.45) is 3.11. The maximum absolute atomic E-state index is 15.1. The molecule has 2 aromatic rings. The summed E-state index contributed by atoms with van der Waals surface area (Å²) < 4.78 is 22.1. The van der Waals surface area contributed by atoms with Gasteiger partial charge in [0.15, 0.2) is 0 Å². The van der Waals surface area contributed by atoms with E-state index in [0.717, 1.165) is 24.6 Å². The number of halogens is 1. The first-order valence-electron chi connectivity index (χ1n) is 8.98. The average Bonchev–Trinajstić information content (AvgIpc) is 3.38. The van der Waals surface area contributed by atoms with E-state index in [4.69, 9.17) is 4.74 Å². The average molecular weight is 436 g/mol. The summed E-state index contributed by atoms with van der Waals surface area (Å²) in [5, 5.41) is 9.38. The fraction of sp³-hybridized carbons (Fsp3) is 0.474. The third-order valence-electron chi connectivity index (χ3n) is 5.62. The van der Waals surface area contributed by atoms with Crippen LogP contribution in [0.5, 0.6) is 0 Å². The van der Waals surface area contributed by atoms with Crippen LogP contribution in [-0.4, -0.2) is 58.6 Å². The number of carbonyl (C=O) groups is 1. The van der Waals surface area contributed by atoms with Crippen LogP contribution < -0.4 is 10.5 Å². The number of aromatic carboxylic acids is 1. The fourth-order valence-corrected chi connectivity index (χ4v) is 5.24. The molecule has 0 aromatic carbocycles. The Bertz CT molecular complexity index is 1000. The number of nitrogens with zero attached hydrogens (tertiary/aromatic N) is 2. The Kier molecular flexibility index (Phi) is 4.55. The number of ether oxygens (including phenoxy) is 1. The van der Waals surface area contributed by atoms with Crippen LogP contribution in [-0.2, 0) is 4.74 Å². The molecule has 2 aliphatic rings. The number of anilines is 1. The Hall–Kier alpha value is -1.85. The van der Waals surface area contributed by atoms with E-state index in [1.54, 1.807) is 24.0 Å². The zero-order chi connectivity index (χ0) is 19.5. The van der Waals surface area contributed by atoms with Gasteiger partial charge in [-0.15, -0.1) is 0 Å². The zero-order valence-electron chi connectivity index (χ0n) is 15.2. The summed E-state index contributed by atoms with van der Waals surface area (Å²) in [5.41, 5.74) is 1.64. The van der Waals surface area contributed by atoms with Crippen molar-refractivity contribution in [3.05, 3.63) is 45.1 Å². The van der Waals surface area contributed by atoms with Gasteiger partial charge in [-0.3, -0.25) is 0 Å². The number of hydrogen-bond acceptors (Lipinski definition) is 4. The normalized spacial score (nSPS) is 22.6. The molecular formula is C19H22AsFN2O4. The van der Waals surface area contributed by atoms with Crippen LogP contribution in [0.25, 0.3) is 5.52 Å². The van der Waals surface area contributed by atoms with Gasteiger partial charge in [-0.1, -0.05) is 0 Å². The van der Waals surface area contributed by atoms with Crippen molar-refractivity contribution in [2.24, 2.45) is 0 Å². The molecule has 3 unspecified atom stereocenters. The topological polar surface area (TPSA) is 71.2 Å². The number of aromatic nitrogens is 1. The number of carboxylic acid groups (broad SMARTS) is 1. The van der Waals surface area contributed by atoms with Crippen LogP contribution >= 0.6 is 0 Å². The molecule has 4 rings (SSSR count). The Morgan fingerprint density at radius 3 is 2.63 bits per heavy atom. The molecule has 0 radical (unpaired) electrons. The Morgan fingerprint density at radius 2 is 2.07 bits per heavy atom. The SMILES string of the molecule is COC1CN(c2c(F)cn3c(=O)c(C(=O)O)cc(C4CC4)c3c2C)CC1[AsH2]. The van der Waals surface area contributed by atoms with Crippen molar-refractivity contribution in [1.82, 2.24) is 4.40 Å². The Balaban J connectivity index is 1.96. The van der Waals surface area contributed by atoms with Crippen molar-refractivity contribution in [2.45, 2.75) is 36.5 Å². The molecule has 0 spiro atoms. The van der Waals surface area contributed by atoms with Gasteiger partial charge in [0.25, 0.3) is 0 Å². The molecule has 2 fully saturated rings. The molecule has 27 heavy (non-hydrogen) atoms. The van der Waals surface area contributed by atoms with Crippen LogP contribution in [0.4, 0.5) is 10.1 Å². The monoisotopic (exact) mass is 436 g/mol. The predicted molar refractivity (Wildman–Crippen MR) is 103 cm³/mol. The number of hydrogen-bond donors (Lipinski definition) is 1. The van der Waals surface area contributed by atoms with E-state index >= 15 is 4.39 Å². The molecule has 6 nitrogen and oxygen atoms in total. The molecule has 0 amide bonds. The maximum atomic E-state index is 15.1. The van der Waals surface area contributed by atoms with E-state index in [2.05, 4.69) is 0 Å². The first-order chi connectivity index (χ1) is 12.8. The van der Waals surface area contributed by atoms with Gasteiger partial charge >= 0.3 is 164 Å². The van der Waals surface area contributed by atoms with Crippen LogP contribution in [0.3, 0.4) is 0 Å². The van der Waals surface area contributed by atoms with Crippen LogP contribution in [0.15, 0.2) is 17.1 Å². The van der Waals surface area contributed by atoms with Gasteiger partial charge in [-0.25, -0.2) is 0 Å². The third kappa shape index (κ3) is 2.97. The molecule has 144 valence electrons. The molecule has 1 saturated carbocycles. The minimum absolute atomic E-state index is 0.0551. The van der Waals surface area contributed by atoms with Crippen LogP contribution in [0, 0.1) is 12.7 Å².